The van der Waals surface area contributed by atoms with Gasteiger partial charge in [-0.25, -0.2) is 8.42 Å². The van der Waals surface area contributed by atoms with Gasteiger partial charge < -0.3 is 0 Å². The molecule has 0 saturated heterocycles. The third-order valence-corrected chi connectivity index (χ3v) is 4.16. The SMILES string of the molecule is CCCCCCC=CS(=O)(=O)C=CCCCCCC. The van der Waals surface area contributed by atoms with Crippen molar-refractivity contribution in [3.05, 3.63) is 23.0 Å². The summed E-state index contributed by atoms with van der Waals surface area (Å²) in [6.07, 6.45) is 14.7. The zero-order valence-electron chi connectivity index (χ0n) is 12.6. The number of unbranched alkanes of at least 4 members (excludes halogenated alkanes) is 8. The molecule has 0 rings (SSSR count). The number of hydrogen-bond acceptors (Lipinski definition) is 2. The molecule has 0 saturated carbocycles. The van der Waals surface area contributed by atoms with Crippen molar-refractivity contribution in [3.63, 3.8) is 0 Å². The molecule has 0 atom stereocenters. The van der Waals surface area contributed by atoms with Crippen LogP contribution in [0.3, 0.4) is 0 Å². The van der Waals surface area contributed by atoms with Gasteiger partial charge in [0.25, 0.3) is 0 Å². The fourth-order valence-electron chi connectivity index (χ4n) is 1.83. The smallest absolute Gasteiger partial charge is 0.192 e. The molecule has 0 spiro atoms. The fraction of sp³-hybridized carbons (Fsp3) is 0.750. The molecule has 2 nitrogen and oxygen atoms in total. The van der Waals surface area contributed by atoms with E-state index in [4.69, 9.17) is 0 Å². The molecule has 19 heavy (non-hydrogen) atoms. The summed E-state index contributed by atoms with van der Waals surface area (Å²) in [7, 11) is -3.13. The van der Waals surface area contributed by atoms with Crippen molar-refractivity contribution in [2.24, 2.45) is 0 Å². The second-order valence-corrected chi connectivity index (χ2v) is 6.75. The topological polar surface area (TPSA) is 34.1 Å². The second-order valence-electron chi connectivity index (χ2n) is 5.03. The molecule has 0 aromatic heterocycles. The van der Waals surface area contributed by atoms with Crippen LogP contribution >= 0.6 is 0 Å². The summed E-state index contributed by atoms with van der Waals surface area (Å²) < 4.78 is 23.3. The molecule has 0 aromatic carbocycles. The van der Waals surface area contributed by atoms with Gasteiger partial charge in [0.2, 0.25) is 0 Å². The summed E-state index contributed by atoms with van der Waals surface area (Å²) in [5.41, 5.74) is 0. The Kier molecular flexibility index (Phi) is 12.1. The summed E-state index contributed by atoms with van der Waals surface area (Å²) in [6, 6.07) is 0. The van der Waals surface area contributed by atoms with E-state index in [0.29, 0.717) is 0 Å². The van der Waals surface area contributed by atoms with Crippen molar-refractivity contribution >= 4 is 9.84 Å². The van der Waals surface area contributed by atoms with E-state index < -0.39 is 9.84 Å². The first-order valence-electron chi connectivity index (χ1n) is 7.70. The molecule has 0 aliphatic carbocycles. The molecule has 0 aromatic rings. The second kappa shape index (κ2) is 12.5. The van der Waals surface area contributed by atoms with Gasteiger partial charge in [-0.2, -0.15) is 0 Å². The minimum absolute atomic E-state index is 0.865. The standard InChI is InChI=1S/C16H30O2S/c1-3-5-7-9-11-13-15-19(17,18)16-14-12-10-8-6-4-2/h13-16H,3-12H2,1-2H3. The first-order chi connectivity index (χ1) is 9.12. The molecule has 0 aliphatic rings. The van der Waals surface area contributed by atoms with Crippen LogP contribution in [-0.4, -0.2) is 8.42 Å². The summed E-state index contributed by atoms with van der Waals surface area (Å²) in [4.78, 5) is 0. The largest absolute Gasteiger partial charge is 0.220 e. The average Bonchev–Trinajstić information content (AvgIpc) is 2.38. The van der Waals surface area contributed by atoms with E-state index >= 15 is 0 Å². The van der Waals surface area contributed by atoms with Gasteiger partial charge in [-0.15, -0.1) is 0 Å². The molecular formula is C16H30O2S. The molecule has 0 amide bonds. The minimum Gasteiger partial charge on any atom is -0.220 e. The van der Waals surface area contributed by atoms with Crippen LogP contribution < -0.4 is 0 Å². The number of hydrogen-bond donors (Lipinski definition) is 0. The van der Waals surface area contributed by atoms with E-state index in [2.05, 4.69) is 13.8 Å². The lowest BCUT2D eigenvalue weighted by molar-refractivity contribution is 0.612. The van der Waals surface area contributed by atoms with Crippen molar-refractivity contribution in [2.75, 3.05) is 0 Å². The zero-order valence-corrected chi connectivity index (χ0v) is 13.4. The Hall–Kier alpha value is -0.570. The maximum atomic E-state index is 11.6. The lowest BCUT2D eigenvalue weighted by atomic mass is 10.2. The molecule has 0 bridgehead atoms. The van der Waals surface area contributed by atoms with E-state index in [1.165, 1.54) is 49.3 Å². The Labute approximate surface area is 119 Å². The summed E-state index contributed by atoms with van der Waals surface area (Å²) in [6.45, 7) is 4.34. The van der Waals surface area contributed by atoms with E-state index in [1.54, 1.807) is 12.2 Å². The maximum absolute atomic E-state index is 11.6. The van der Waals surface area contributed by atoms with Gasteiger partial charge in [0.15, 0.2) is 9.84 Å². The van der Waals surface area contributed by atoms with Gasteiger partial charge in [0.1, 0.15) is 0 Å². The molecule has 0 heterocycles. The number of rotatable bonds is 12. The van der Waals surface area contributed by atoms with E-state index in [9.17, 15) is 8.42 Å². The average molecular weight is 286 g/mol. The number of sulfone groups is 1. The molecule has 0 N–H and O–H groups in total. The van der Waals surface area contributed by atoms with Crippen molar-refractivity contribution < 1.29 is 8.42 Å². The van der Waals surface area contributed by atoms with Crippen molar-refractivity contribution in [1.29, 1.82) is 0 Å². The van der Waals surface area contributed by atoms with Gasteiger partial charge >= 0.3 is 0 Å². The van der Waals surface area contributed by atoms with Gasteiger partial charge in [0.05, 0.1) is 0 Å². The highest BCUT2D eigenvalue weighted by molar-refractivity contribution is 7.97. The van der Waals surface area contributed by atoms with E-state index in [1.807, 2.05) is 0 Å². The normalized spacial score (nSPS) is 12.7. The van der Waals surface area contributed by atoms with Gasteiger partial charge in [-0.3, -0.25) is 0 Å². The van der Waals surface area contributed by atoms with Crippen LogP contribution in [0.1, 0.15) is 78.1 Å². The van der Waals surface area contributed by atoms with E-state index in [-0.39, 0.29) is 0 Å². The fourth-order valence-corrected chi connectivity index (χ4v) is 2.73. The lowest BCUT2D eigenvalue weighted by Crippen LogP contribution is -1.88. The summed E-state index contributed by atoms with van der Waals surface area (Å²) in [5, 5.41) is 2.70. The molecule has 112 valence electrons. The summed E-state index contributed by atoms with van der Waals surface area (Å²) >= 11 is 0. The highest BCUT2D eigenvalue weighted by Crippen LogP contribution is 2.06. The van der Waals surface area contributed by atoms with Crippen LogP contribution in [0.5, 0.6) is 0 Å². The van der Waals surface area contributed by atoms with Crippen LogP contribution in [0.25, 0.3) is 0 Å². The van der Waals surface area contributed by atoms with Crippen molar-refractivity contribution in [3.8, 4) is 0 Å². The van der Waals surface area contributed by atoms with Crippen LogP contribution in [0.15, 0.2) is 23.0 Å². The third kappa shape index (κ3) is 13.7. The van der Waals surface area contributed by atoms with Gasteiger partial charge in [-0.05, 0) is 25.7 Å². The Morgan fingerprint density at radius 2 is 1.11 bits per heavy atom. The van der Waals surface area contributed by atoms with Crippen LogP contribution in [-0.2, 0) is 9.84 Å². The Bertz CT molecular complexity index is 312. The maximum Gasteiger partial charge on any atom is 0.192 e. The Balaban J connectivity index is 3.78. The van der Waals surface area contributed by atoms with Gasteiger partial charge in [0, 0.05) is 10.8 Å². The predicted octanol–water partition coefficient (Wildman–Crippen LogP) is 5.37. The minimum atomic E-state index is -3.13. The summed E-state index contributed by atoms with van der Waals surface area (Å²) in [5.74, 6) is 0. The molecule has 0 radical (unpaired) electrons. The molecule has 0 unspecified atom stereocenters. The van der Waals surface area contributed by atoms with Crippen LogP contribution in [0.2, 0.25) is 0 Å². The first-order valence-corrected chi connectivity index (χ1v) is 9.31. The zero-order chi connectivity index (χ0) is 14.4. The first kappa shape index (κ1) is 18.4. The third-order valence-electron chi connectivity index (χ3n) is 3.02. The molecule has 0 fully saturated rings. The van der Waals surface area contributed by atoms with Gasteiger partial charge in [-0.1, -0.05) is 64.5 Å². The monoisotopic (exact) mass is 286 g/mol. The van der Waals surface area contributed by atoms with Crippen molar-refractivity contribution in [1.82, 2.24) is 0 Å². The quantitative estimate of drug-likeness (QED) is 0.452. The Morgan fingerprint density at radius 3 is 1.47 bits per heavy atom. The van der Waals surface area contributed by atoms with Crippen LogP contribution in [0, 0.1) is 0 Å². The van der Waals surface area contributed by atoms with Crippen molar-refractivity contribution in [2.45, 2.75) is 78.1 Å². The molecular weight excluding hydrogens is 256 g/mol. The predicted molar refractivity (Wildman–Crippen MR) is 84.7 cm³/mol. The Morgan fingerprint density at radius 1 is 0.684 bits per heavy atom. The number of allylic oxidation sites excluding steroid dienone is 2. The highest BCUT2D eigenvalue weighted by Gasteiger charge is 1.98. The van der Waals surface area contributed by atoms with E-state index in [0.717, 1.165) is 25.7 Å². The molecule has 0 aliphatic heterocycles. The molecule has 3 heteroatoms. The highest BCUT2D eigenvalue weighted by atomic mass is 32.2. The lowest BCUT2D eigenvalue weighted by Gasteiger charge is -1.95. The van der Waals surface area contributed by atoms with Crippen LogP contribution in [0.4, 0.5) is 0 Å².